The smallest absolute Gasteiger partial charge is 0.251 e. The minimum absolute atomic E-state index is 0.244. The SMILES string of the molecule is O=C(NC1CCC1)c1cc(F)cc(Cl)c1. The van der Waals surface area contributed by atoms with E-state index in [9.17, 15) is 9.18 Å². The lowest BCUT2D eigenvalue weighted by atomic mass is 9.93. The normalized spacial score (nSPS) is 15.9. The molecule has 1 aliphatic rings. The van der Waals surface area contributed by atoms with Crippen LogP contribution in [0.25, 0.3) is 0 Å². The molecule has 0 aromatic heterocycles. The van der Waals surface area contributed by atoms with Gasteiger partial charge in [0.05, 0.1) is 0 Å². The van der Waals surface area contributed by atoms with Gasteiger partial charge in [-0.1, -0.05) is 11.6 Å². The maximum absolute atomic E-state index is 13.0. The van der Waals surface area contributed by atoms with Gasteiger partial charge in [-0.15, -0.1) is 0 Å². The van der Waals surface area contributed by atoms with Gasteiger partial charge in [0.15, 0.2) is 0 Å². The van der Waals surface area contributed by atoms with Crippen molar-refractivity contribution in [3.63, 3.8) is 0 Å². The summed E-state index contributed by atoms with van der Waals surface area (Å²) in [5, 5.41) is 3.07. The van der Waals surface area contributed by atoms with Gasteiger partial charge in [-0.3, -0.25) is 4.79 Å². The third kappa shape index (κ3) is 2.48. The molecule has 80 valence electrons. The van der Waals surface area contributed by atoms with E-state index in [-0.39, 0.29) is 22.5 Å². The maximum atomic E-state index is 13.0. The Hall–Kier alpha value is -1.09. The number of nitrogens with one attached hydrogen (secondary N) is 1. The summed E-state index contributed by atoms with van der Waals surface area (Å²) in [4.78, 5) is 11.6. The molecule has 0 heterocycles. The van der Waals surface area contributed by atoms with Crippen LogP contribution < -0.4 is 5.32 Å². The zero-order valence-electron chi connectivity index (χ0n) is 8.09. The Balaban J connectivity index is 2.10. The van der Waals surface area contributed by atoms with Crippen LogP contribution >= 0.6 is 11.6 Å². The molecule has 2 nitrogen and oxygen atoms in total. The molecule has 0 bridgehead atoms. The summed E-state index contributed by atoms with van der Waals surface area (Å²) in [5.74, 6) is -0.734. The van der Waals surface area contributed by atoms with Gasteiger partial charge in [-0.25, -0.2) is 4.39 Å². The van der Waals surface area contributed by atoms with Crippen molar-refractivity contribution in [3.05, 3.63) is 34.6 Å². The molecule has 1 fully saturated rings. The van der Waals surface area contributed by atoms with Crippen molar-refractivity contribution in [2.45, 2.75) is 25.3 Å². The summed E-state index contributed by atoms with van der Waals surface area (Å²) in [6.45, 7) is 0. The third-order valence-corrected chi connectivity index (χ3v) is 2.78. The summed E-state index contributed by atoms with van der Waals surface area (Å²) < 4.78 is 13.0. The van der Waals surface area contributed by atoms with Crippen LogP contribution in [0, 0.1) is 5.82 Å². The van der Waals surface area contributed by atoms with Gasteiger partial charge in [0.25, 0.3) is 5.91 Å². The lowest BCUT2D eigenvalue weighted by molar-refractivity contribution is 0.0916. The summed E-state index contributed by atoms with van der Waals surface area (Å²) >= 11 is 5.66. The number of halogens is 2. The lowest BCUT2D eigenvalue weighted by Gasteiger charge is -2.26. The third-order valence-electron chi connectivity index (χ3n) is 2.57. The molecule has 1 amide bonds. The Bertz CT molecular complexity index is 370. The Kier molecular flexibility index (Phi) is 2.91. The average molecular weight is 228 g/mol. The fraction of sp³-hybridized carbons (Fsp3) is 0.364. The Morgan fingerprint density at radius 3 is 2.67 bits per heavy atom. The average Bonchev–Trinajstić information content (AvgIpc) is 2.09. The van der Waals surface area contributed by atoms with Crippen molar-refractivity contribution in [3.8, 4) is 0 Å². The van der Waals surface area contributed by atoms with Gasteiger partial charge in [-0.05, 0) is 37.5 Å². The Morgan fingerprint density at radius 2 is 2.13 bits per heavy atom. The molecule has 1 aliphatic carbocycles. The zero-order valence-corrected chi connectivity index (χ0v) is 8.85. The Morgan fingerprint density at radius 1 is 1.40 bits per heavy atom. The molecule has 0 aliphatic heterocycles. The van der Waals surface area contributed by atoms with Gasteiger partial charge in [0.1, 0.15) is 5.82 Å². The molecule has 0 unspecified atom stereocenters. The number of carbonyl (C=O) groups is 1. The lowest BCUT2D eigenvalue weighted by Crippen LogP contribution is -2.39. The highest BCUT2D eigenvalue weighted by atomic mass is 35.5. The number of hydrogen-bond acceptors (Lipinski definition) is 1. The summed E-state index contributed by atoms with van der Waals surface area (Å²) in [5.41, 5.74) is 0.284. The van der Waals surface area contributed by atoms with Crippen LogP contribution in [0.1, 0.15) is 29.6 Å². The van der Waals surface area contributed by atoms with Gasteiger partial charge < -0.3 is 5.32 Å². The van der Waals surface area contributed by atoms with Crippen molar-refractivity contribution in [1.29, 1.82) is 0 Å². The minimum Gasteiger partial charge on any atom is -0.349 e. The number of rotatable bonds is 2. The van der Waals surface area contributed by atoms with Crippen molar-refractivity contribution in [2.24, 2.45) is 0 Å². The molecule has 1 aromatic rings. The molecular weight excluding hydrogens is 217 g/mol. The molecule has 4 heteroatoms. The second kappa shape index (κ2) is 4.19. The highest BCUT2D eigenvalue weighted by Gasteiger charge is 2.20. The summed E-state index contributed by atoms with van der Waals surface area (Å²) in [6, 6.07) is 4.10. The van der Waals surface area contributed by atoms with Gasteiger partial charge in [-0.2, -0.15) is 0 Å². The highest BCUT2D eigenvalue weighted by Crippen LogP contribution is 2.19. The molecule has 0 atom stereocenters. The van der Waals surface area contributed by atoms with E-state index in [0.717, 1.165) is 19.3 Å². The van der Waals surface area contributed by atoms with Gasteiger partial charge in [0.2, 0.25) is 0 Å². The number of benzene rings is 1. The molecule has 1 saturated carbocycles. The van der Waals surface area contributed by atoms with Crippen LogP contribution in [-0.4, -0.2) is 11.9 Å². The van der Waals surface area contributed by atoms with E-state index >= 15 is 0 Å². The van der Waals surface area contributed by atoms with Gasteiger partial charge in [0, 0.05) is 16.6 Å². The van der Waals surface area contributed by atoms with Crippen LogP contribution in [0.5, 0.6) is 0 Å². The van der Waals surface area contributed by atoms with Gasteiger partial charge >= 0.3 is 0 Å². The Labute approximate surface area is 92.4 Å². The fourth-order valence-corrected chi connectivity index (χ4v) is 1.73. The fourth-order valence-electron chi connectivity index (χ4n) is 1.51. The monoisotopic (exact) mass is 227 g/mol. The van der Waals surface area contributed by atoms with E-state index in [1.165, 1.54) is 18.2 Å². The molecule has 0 saturated heterocycles. The molecule has 0 spiro atoms. The standard InChI is InChI=1S/C11H11ClFNO/c12-8-4-7(5-9(13)6-8)11(15)14-10-2-1-3-10/h4-6,10H,1-3H2,(H,14,15). The quantitative estimate of drug-likeness (QED) is 0.827. The first-order valence-corrected chi connectivity index (χ1v) is 5.30. The molecule has 2 rings (SSSR count). The summed E-state index contributed by atoms with van der Waals surface area (Å²) in [7, 11) is 0. The van der Waals surface area contributed by atoms with E-state index in [4.69, 9.17) is 11.6 Å². The predicted octanol–water partition coefficient (Wildman–Crippen LogP) is 2.76. The molecule has 0 radical (unpaired) electrons. The first-order chi connectivity index (χ1) is 7.15. The predicted molar refractivity (Wildman–Crippen MR) is 56.5 cm³/mol. The second-order valence-corrected chi connectivity index (χ2v) is 4.20. The van der Waals surface area contributed by atoms with Crippen molar-refractivity contribution < 1.29 is 9.18 Å². The van der Waals surface area contributed by atoms with Crippen LogP contribution in [0.4, 0.5) is 4.39 Å². The van der Waals surface area contributed by atoms with E-state index in [1.54, 1.807) is 0 Å². The summed E-state index contributed by atoms with van der Waals surface area (Å²) in [6.07, 6.45) is 3.17. The molecule has 1 aromatic carbocycles. The molecular formula is C11H11ClFNO. The number of amides is 1. The number of hydrogen-bond donors (Lipinski definition) is 1. The van der Waals surface area contributed by atoms with Crippen LogP contribution in [0.2, 0.25) is 5.02 Å². The van der Waals surface area contributed by atoms with E-state index in [0.29, 0.717) is 0 Å². The van der Waals surface area contributed by atoms with E-state index in [1.807, 2.05) is 0 Å². The van der Waals surface area contributed by atoms with Crippen molar-refractivity contribution in [1.82, 2.24) is 5.32 Å². The number of carbonyl (C=O) groups excluding carboxylic acids is 1. The van der Waals surface area contributed by atoms with Crippen LogP contribution in [-0.2, 0) is 0 Å². The van der Waals surface area contributed by atoms with Crippen LogP contribution in [0.3, 0.4) is 0 Å². The maximum Gasteiger partial charge on any atom is 0.251 e. The van der Waals surface area contributed by atoms with Crippen molar-refractivity contribution in [2.75, 3.05) is 0 Å². The van der Waals surface area contributed by atoms with E-state index in [2.05, 4.69) is 5.32 Å². The first kappa shape index (κ1) is 10.4. The first-order valence-electron chi connectivity index (χ1n) is 4.92. The second-order valence-electron chi connectivity index (χ2n) is 3.76. The largest absolute Gasteiger partial charge is 0.349 e. The molecule has 1 N–H and O–H groups in total. The molecule has 15 heavy (non-hydrogen) atoms. The highest BCUT2D eigenvalue weighted by molar-refractivity contribution is 6.31. The zero-order chi connectivity index (χ0) is 10.8. The van der Waals surface area contributed by atoms with E-state index < -0.39 is 5.82 Å². The minimum atomic E-state index is -0.485. The van der Waals surface area contributed by atoms with Crippen LogP contribution in [0.15, 0.2) is 18.2 Å². The topological polar surface area (TPSA) is 29.1 Å². The van der Waals surface area contributed by atoms with Crippen molar-refractivity contribution >= 4 is 17.5 Å².